The first kappa shape index (κ1) is 13.1. The SMILES string of the molecule is CC(=O)c1cc(C(C)(C)C)c2c(c1C)CCCO2. The van der Waals surface area contributed by atoms with Crippen LogP contribution in [0.15, 0.2) is 6.07 Å². The van der Waals surface area contributed by atoms with Crippen LogP contribution in [0.25, 0.3) is 0 Å². The number of Topliss-reactive ketones (excluding diaryl/α,β-unsaturated/α-hetero) is 1. The van der Waals surface area contributed by atoms with Crippen LogP contribution in [0.3, 0.4) is 0 Å². The van der Waals surface area contributed by atoms with Crippen LogP contribution < -0.4 is 4.74 Å². The minimum atomic E-state index is -0.000671. The third kappa shape index (κ3) is 2.16. The van der Waals surface area contributed by atoms with Gasteiger partial charge in [-0.15, -0.1) is 0 Å². The number of benzene rings is 1. The number of hydrogen-bond acceptors (Lipinski definition) is 2. The Balaban J connectivity index is 2.73. The molecule has 1 aliphatic rings. The predicted octanol–water partition coefficient (Wildman–Crippen LogP) is 3.82. The van der Waals surface area contributed by atoms with E-state index in [0.29, 0.717) is 0 Å². The predicted molar refractivity (Wildman–Crippen MR) is 73.7 cm³/mol. The number of carbonyl (C=O) groups is 1. The fourth-order valence-corrected chi connectivity index (χ4v) is 2.63. The van der Waals surface area contributed by atoms with Gasteiger partial charge in [-0.3, -0.25) is 4.79 Å². The Labute approximate surface area is 109 Å². The molecule has 0 aliphatic carbocycles. The first-order chi connectivity index (χ1) is 8.32. The summed E-state index contributed by atoms with van der Waals surface area (Å²) in [6, 6.07) is 2.03. The van der Waals surface area contributed by atoms with Crippen LogP contribution >= 0.6 is 0 Å². The molecule has 0 aromatic heterocycles. The number of ether oxygens (including phenoxy) is 1. The van der Waals surface area contributed by atoms with E-state index in [9.17, 15) is 4.79 Å². The lowest BCUT2D eigenvalue weighted by Crippen LogP contribution is -2.20. The van der Waals surface area contributed by atoms with Crippen molar-refractivity contribution in [3.05, 3.63) is 28.3 Å². The van der Waals surface area contributed by atoms with E-state index in [1.54, 1.807) is 6.92 Å². The molecule has 0 spiro atoms. The highest BCUT2D eigenvalue weighted by Crippen LogP contribution is 2.40. The van der Waals surface area contributed by atoms with Gasteiger partial charge in [0.1, 0.15) is 5.75 Å². The first-order valence-electron chi connectivity index (χ1n) is 6.63. The zero-order chi connectivity index (χ0) is 13.5. The average Bonchev–Trinajstić information content (AvgIpc) is 2.27. The molecule has 0 saturated heterocycles. The van der Waals surface area contributed by atoms with Crippen molar-refractivity contribution in [3.63, 3.8) is 0 Å². The number of carbonyl (C=O) groups excluding carboxylic acids is 1. The molecule has 2 heteroatoms. The van der Waals surface area contributed by atoms with Crippen molar-refractivity contribution >= 4 is 5.78 Å². The van der Waals surface area contributed by atoms with Gasteiger partial charge in [0.25, 0.3) is 0 Å². The summed E-state index contributed by atoms with van der Waals surface area (Å²) in [6.07, 6.45) is 2.06. The molecular weight excluding hydrogens is 224 g/mol. The minimum Gasteiger partial charge on any atom is -0.493 e. The van der Waals surface area contributed by atoms with Gasteiger partial charge < -0.3 is 4.74 Å². The molecule has 0 bridgehead atoms. The number of ketones is 1. The topological polar surface area (TPSA) is 26.3 Å². The normalized spacial score (nSPS) is 14.9. The Morgan fingerprint density at radius 1 is 1.33 bits per heavy atom. The summed E-state index contributed by atoms with van der Waals surface area (Å²) in [5.74, 6) is 1.17. The number of hydrogen-bond donors (Lipinski definition) is 0. The maximum Gasteiger partial charge on any atom is 0.160 e. The van der Waals surface area contributed by atoms with Crippen LogP contribution in [0.2, 0.25) is 0 Å². The summed E-state index contributed by atoms with van der Waals surface area (Å²) in [5.41, 5.74) is 4.35. The second-order valence-corrected chi connectivity index (χ2v) is 6.16. The highest BCUT2D eigenvalue weighted by atomic mass is 16.5. The van der Waals surface area contributed by atoms with Gasteiger partial charge in [-0.1, -0.05) is 20.8 Å². The minimum absolute atomic E-state index is 0.000671. The maximum absolute atomic E-state index is 11.8. The van der Waals surface area contributed by atoms with E-state index in [-0.39, 0.29) is 11.2 Å². The zero-order valence-electron chi connectivity index (χ0n) is 12.0. The third-order valence-electron chi connectivity index (χ3n) is 3.67. The molecule has 0 amide bonds. The van der Waals surface area contributed by atoms with Gasteiger partial charge in [-0.25, -0.2) is 0 Å². The molecule has 0 N–H and O–H groups in total. The van der Waals surface area contributed by atoms with Gasteiger partial charge in [0.2, 0.25) is 0 Å². The summed E-state index contributed by atoms with van der Waals surface area (Å²) in [4.78, 5) is 11.8. The summed E-state index contributed by atoms with van der Waals surface area (Å²) in [6.45, 7) is 11.0. The van der Waals surface area contributed by atoms with E-state index in [4.69, 9.17) is 4.74 Å². The second-order valence-electron chi connectivity index (χ2n) is 6.16. The third-order valence-corrected chi connectivity index (χ3v) is 3.67. The molecule has 2 nitrogen and oxygen atoms in total. The molecule has 1 aromatic rings. The Hall–Kier alpha value is -1.31. The summed E-state index contributed by atoms with van der Waals surface area (Å²) in [5, 5.41) is 0. The standard InChI is InChI=1S/C16H22O2/c1-10-12-7-6-8-18-15(12)14(16(3,4)5)9-13(10)11(2)17/h9H,6-8H2,1-5H3. The average molecular weight is 246 g/mol. The van der Waals surface area contributed by atoms with Crippen LogP contribution in [0.4, 0.5) is 0 Å². The Morgan fingerprint density at radius 2 is 2.00 bits per heavy atom. The van der Waals surface area contributed by atoms with Crippen LogP contribution in [0.1, 0.15) is 61.2 Å². The van der Waals surface area contributed by atoms with Crippen LogP contribution in [-0.2, 0) is 11.8 Å². The van der Waals surface area contributed by atoms with Crippen molar-refractivity contribution in [1.29, 1.82) is 0 Å². The maximum atomic E-state index is 11.8. The van der Waals surface area contributed by atoms with Gasteiger partial charge >= 0.3 is 0 Å². The molecule has 98 valence electrons. The van der Waals surface area contributed by atoms with Crippen LogP contribution in [0, 0.1) is 6.92 Å². The van der Waals surface area contributed by atoms with Crippen molar-refractivity contribution in [1.82, 2.24) is 0 Å². The monoisotopic (exact) mass is 246 g/mol. The Morgan fingerprint density at radius 3 is 2.56 bits per heavy atom. The van der Waals surface area contributed by atoms with Gasteiger partial charge in [0.15, 0.2) is 5.78 Å². The van der Waals surface area contributed by atoms with Gasteiger partial charge in [0, 0.05) is 11.1 Å². The highest BCUT2D eigenvalue weighted by molar-refractivity contribution is 5.96. The number of fused-ring (bicyclic) bond motifs is 1. The summed E-state index contributed by atoms with van der Waals surface area (Å²) < 4.78 is 5.89. The van der Waals surface area contributed by atoms with Crippen molar-refractivity contribution < 1.29 is 9.53 Å². The molecular formula is C16H22O2. The lowest BCUT2D eigenvalue weighted by Gasteiger charge is -2.29. The molecule has 1 aliphatic heterocycles. The molecule has 0 saturated carbocycles. The number of rotatable bonds is 1. The smallest absolute Gasteiger partial charge is 0.160 e. The largest absolute Gasteiger partial charge is 0.493 e. The molecule has 0 atom stereocenters. The van der Waals surface area contributed by atoms with E-state index >= 15 is 0 Å². The van der Waals surface area contributed by atoms with E-state index in [1.807, 2.05) is 13.0 Å². The fourth-order valence-electron chi connectivity index (χ4n) is 2.63. The van der Waals surface area contributed by atoms with Crippen molar-refractivity contribution in [3.8, 4) is 5.75 Å². The molecule has 0 fully saturated rings. The molecule has 1 heterocycles. The van der Waals surface area contributed by atoms with Gasteiger partial charge in [-0.2, -0.15) is 0 Å². The first-order valence-corrected chi connectivity index (χ1v) is 6.63. The van der Waals surface area contributed by atoms with Crippen molar-refractivity contribution in [2.75, 3.05) is 6.61 Å². The van der Waals surface area contributed by atoms with Crippen LogP contribution in [-0.4, -0.2) is 12.4 Å². The van der Waals surface area contributed by atoms with Gasteiger partial charge in [0.05, 0.1) is 6.61 Å². The molecule has 0 radical (unpaired) electrons. The van der Waals surface area contributed by atoms with Gasteiger partial charge in [-0.05, 0) is 49.3 Å². The fraction of sp³-hybridized carbons (Fsp3) is 0.562. The van der Waals surface area contributed by atoms with Crippen LogP contribution in [0.5, 0.6) is 5.75 Å². The Bertz CT molecular complexity index is 493. The quantitative estimate of drug-likeness (QED) is 0.704. The van der Waals surface area contributed by atoms with Crippen molar-refractivity contribution in [2.24, 2.45) is 0 Å². The van der Waals surface area contributed by atoms with E-state index in [0.717, 1.165) is 41.9 Å². The molecule has 2 rings (SSSR count). The van der Waals surface area contributed by atoms with E-state index < -0.39 is 0 Å². The summed E-state index contributed by atoms with van der Waals surface area (Å²) in [7, 11) is 0. The second kappa shape index (κ2) is 4.42. The zero-order valence-corrected chi connectivity index (χ0v) is 12.0. The highest BCUT2D eigenvalue weighted by Gasteiger charge is 2.27. The lowest BCUT2D eigenvalue weighted by molar-refractivity contribution is 0.101. The summed E-state index contributed by atoms with van der Waals surface area (Å²) >= 11 is 0. The molecule has 1 aromatic carbocycles. The van der Waals surface area contributed by atoms with E-state index in [2.05, 4.69) is 20.8 Å². The van der Waals surface area contributed by atoms with Crippen molar-refractivity contribution in [2.45, 2.75) is 52.9 Å². The molecule has 18 heavy (non-hydrogen) atoms. The van der Waals surface area contributed by atoms with E-state index in [1.165, 1.54) is 5.56 Å². The molecule has 0 unspecified atom stereocenters. The lowest BCUT2D eigenvalue weighted by atomic mass is 9.80. The Kier molecular flexibility index (Phi) is 3.22.